The van der Waals surface area contributed by atoms with Crippen LogP contribution in [0, 0.1) is 0 Å². The first-order chi connectivity index (χ1) is 11.0. The molecule has 23 heavy (non-hydrogen) atoms. The molecule has 0 saturated heterocycles. The predicted molar refractivity (Wildman–Crippen MR) is 89.1 cm³/mol. The number of amides is 1. The molecule has 2 aromatic rings. The van der Waals surface area contributed by atoms with Crippen molar-refractivity contribution in [3.63, 3.8) is 0 Å². The van der Waals surface area contributed by atoms with Crippen molar-refractivity contribution in [1.82, 2.24) is 19.4 Å². The van der Waals surface area contributed by atoms with Gasteiger partial charge in [-0.3, -0.25) is 14.7 Å². The van der Waals surface area contributed by atoms with E-state index in [1.54, 1.807) is 12.4 Å². The molecule has 0 atom stereocenters. The highest BCUT2D eigenvalue weighted by Crippen LogP contribution is 2.23. The topological polar surface area (TPSA) is 63.1 Å². The molecule has 0 saturated carbocycles. The van der Waals surface area contributed by atoms with E-state index in [2.05, 4.69) is 40.7 Å². The second-order valence-electron chi connectivity index (χ2n) is 6.33. The van der Waals surface area contributed by atoms with Crippen LogP contribution in [0.5, 0.6) is 0 Å². The van der Waals surface area contributed by atoms with E-state index in [9.17, 15) is 4.79 Å². The lowest BCUT2D eigenvalue weighted by Gasteiger charge is -2.25. The number of hydrogen-bond acceptors (Lipinski definition) is 4. The van der Waals surface area contributed by atoms with Gasteiger partial charge < -0.3 is 9.88 Å². The second-order valence-corrected chi connectivity index (χ2v) is 6.33. The van der Waals surface area contributed by atoms with Gasteiger partial charge in [-0.05, 0) is 12.1 Å². The molecule has 0 bridgehead atoms. The summed E-state index contributed by atoms with van der Waals surface area (Å²) in [6, 6.07) is 3.65. The monoisotopic (exact) mass is 313 g/mol. The Bertz CT molecular complexity index is 693. The van der Waals surface area contributed by atoms with Gasteiger partial charge in [-0.25, -0.2) is 4.98 Å². The van der Waals surface area contributed by atoms with Crippen molar-refractivity contribution in [2.75, 3.05) is 18.4 Å². The molecule has 0 fully saturated rings. The molecule has 0 aliphatic carbocycles. The standard InChI is InChI=1S/C17H23N5O/c1-12(2)17-20-14-10-22(8-6-15(14)21(17)3)11-16(23)19-13-5-4-7-18-9-13/h4-5,7,9,12H,6,8,10-11H2,1-3H3,(H,19,23). The zero-order valence-electron chi connectivity index (χ0n) is 13.9. The zero-order valence-corrected chi connectivity index (χ0v) is 13.9. The fourth-order valence-electron chi connectivity index (χ4n) is 3.09. The van der Waals surface area contributed by atoms with Crippen LogP contribution in [0.1, 0.15) is 37.0 Å². The third kappa shape index (κ3) is 3.42. The fraction of sp³-hybridized carbons (Fsp3) is 0.471. The number of imidazole rings is 1. The molecular weight excluding hydrogens is 290 g/mol. The van der Waals surface area contributed by atoms with Gasteiger partial charge in [0.25, 0.3) is 0 Å². The molecule has 0 radical (unpaired) electrons. The summed E-state index contributed by atoms with van der Waals surface area (Å²) in [5.74, 6) is 1.52. The van der Waals surface area contributed by atoms with Crippen molar-refractivity contribution >= 4 is 11.6 Å². The van der Waals surface area contributed by atoms with Crippen molar-refractivity contribution in [3.05, 3.63) is 41.7 Å². The third-order valence-corrected chi connectivity index (χ3v) is 4.20. The quantitative estimate of drug-likeness (QED) is 0.937. The van der Waals surface area contributed by atoms with Crippen LogP contribution < -0.4 is 5.32 Å². The van der Waals surface area contributed by atoms with E-state index in [1.807, 2.05) is 12.1 Å². The minimum Gasteiger partial charge on any atom is -0.335 e. The highest BCUT2D eigenvalue weighted by molar-refractivity contribution is 5.92. The summed E-state index contributed by atoms with van der Waals surface area (Å²) in [6.45, 7) is 6.31. The van der Waals surface area contributed by atoms with Crippen LogP contribution in [0.4, 0.5) is 5.69 Å². The average Bonchev–Trinajstić information content (AvgIpc) is 2.85. The minimum absolute atomic E-state index is 0.0125. The van der Waals surface area contributed by atoms with Gasteiger partial charge in [0.1, 0.15) is 5.82 Å². The van der Waals surface area contributed by atoms with Crippen molar-refractivity contribution < 1.29 is 4.79 Å². The number of fused-ring (bicyclic) bond motifs is 1. The first-order valence-corrected chi connectivity index (χ1v) is 8.01. The molecule has 3 heterocycles. The predicted octanol–water partition coefficient (Wildman–Crippen LogP) is 1.94. The Hall–Kier alpha value is -2.21. The van der Waals surface area contributed by atoms with Crippen LogP contribution in [0.15, 0.2) is 24.5 Å². The molecule has 1 aliphatic heterocycles. The molecule has 6 nitrogen and oxygen atoms in total. The summed E-state index contributed by atoms with van der Waals surface area (Å²) in [5, 5.41) is 2.88. The van der Waals surface area contributed by atoms with E-state index >= 15 is 0 Å². The Labute approximate surface area is 136 Å². The van der Waals surface area contributed by atoms with Gasteiger partial charge in [-0.2, -0.15) is 0 Å². The van der Waals surface area contributed by atoms with Crippen molar-refractivity contribution in [3.8, 4) is 0 Å². The summed E-state index contributed by atoms with van der Waals surface area (Å²) >= 11 is 0. The lowest BCUT2D eigenvalue weighted by molar-refractivity contribution is -0.117. The zero-order chi connectivity index (χ0) is 16.4. The van der Waals surface area contributed by atoms with Gasteiger partial charge in [0.2, 0.25) is 5.91 Å². The maximum absolute atomic E-state index is 12.2. The van der Waals surface area contributed by atoms with Crippen molar-refractivity contribution in [2.45, 2.75) is 32.7 Å². The summed E-state index contributed by atoms with van der Waals surface area (Å²) in [5.41, 5.74) is 3.14. The van der Waals surface area contributed by atoms with Crippen LogP contribution in [0.3, 0.4) is 0 Å². The molecule has 0 unspecified atom stereocenters. The first-order valence-electron chi connectivity index (χ1n) is 8.01. The van der Waals surface area contributed by atoms with Crippen LogP contribution >= 0.6 is 0 Å². The summed E-state index contributed by atoms with van der Waals surface area (Å²) < 4.78 is 2.22. The summed E-state index contributed by atoms with van der Waals surface area (Å²) in [7, 11) is 2.09. The smallest absolute Gasteiger partial charge is 0.238 e. The second kappa shape index (κ2) is 6.50. The number of carbonyl (C=O) groups is 1. The third-order valence-electron chi connectivity index (χ3n) is 4.20. The SMILES string of the molecule is CC(C)c1nc2c(n1C)CCN(CC(=O)Nc1cccnc1)C2. The molecule has 6 heteroatoms. The van der Waals surface area contributed by atoms with E-state index in [0.717, 1.165) is 36.7 Å². The van der Waals surface area contributed by atoms with E-state index in [1.165, 1.54) is 5.69 Å². The Morgan fingerprint density at radius 2 is 2.26 bits per heavy atom. The number of aromatic nitrogens is 3. The van der Waals surface area contributed by atoms with Crippen molar-refractivity contribution in [1.29, 1.82) is 0 Å². The van der Waals surface area contributed by atoms with E-state index in [-0.39, 0.29) is 5.91 Å². The number of hydrogen-bond donors (Lipinski definition) is 1. The minimum atomic E-state index is -0.0125. The van der Waals surface area contributed by atoms with E-state index in [4.69, 9.17) is 4.98 Å². The van der Waals surface area contributed by atoms with Crippen LogP contribution in [-0.2, 0) is 24.8 Å². The van der Waals surface area contributed by atoms with Crippen LogP contribution in [0.2, 0.25) is 0 Å². The Kier molecular flexibility index (Phi) is 4.43. The normalized spacial score (nSPS) is 14.8. The number of nitrogens with one attached hydrogen (secondary N) is 1. The lowest BCUT2D eigenvalue weighted by atomic mass is 10.1. The Morgan fingerprint density at radius 3 is 2.96 bits per heavy atom. The number of anilines is 1. The van der Waals surface area contributed by atoms with Gasteiger partial charge in [-0.15, -0.1) is 0 Å². The van der Waals surface area contributed by atoms with Crippen molar-refractivity contribution in [2.24, 2.45) is 7.05 Å². The fourth-order valence-corrected chi connectivity index (χ4v) is 3.09. The highest BCUT2D eigenvalue weighted by atomic mass is 16.2. The highest BCUT2D eigenvalue weighted by Gasteiger charge is 2.24. The van der Waals surface area contributed by atoms with Gasteiger partial charge in [0.05, 0.1) is 24.1 Å². The number of carbonyl (C=O) groups excluding carboxylic acids is 1. The molecule has 1 aliphatic rings. The molecule has 0 aromatic carbocycles. The number of nitrogens with zero attached hydrogens (tertiary/aromatic N) is 4. The Morgan fingerprint density at radius 1 is 1.43 bits per heavy atom. The van der Waals surface area contributed by atoms with Crippen LogP contribution in [0.25, 0.3) is 0 Å². The number of rotatable bonds is 4. The van der Waals surface area contributed by atoms with Gasteiger partial charge in [0.15, 0.2) is 0 Å². The summed E-state index contributed by atoms with van der Waals surface area (Å²) in [6.07, 6.45) is 4.28. The molecule has 1 amide bonds. The first kappa shape index (κ1) is 15.7. The number of pyridine rings is 1. The molecule has 2 aromatic heterocycles. The molecule has 3 rings (SSSR count). The lowest BCUT2D eigenvalue weighted by Crippen LogP contribution is -2.37. The summed E-state index contributed by atoms with van der Waals surface area (Å²) in [4.78, 5) is 23.1. The largest absolute Gasteiger partial charge is 0.335 e. The van der Waals surface area contributed by atoms with E-state index in [0.29, 0.717) is 12.5 Å². The van der Waals surface area contributed by atoms with Gasteiger partial charge in [0, 0.05) is 44.4 Å². The van der Waals surface area contributed by atoms with Gasteiger partial charge >= 0.3 is 0 Å². The molecule has 0 spiro atoms. The van der Waals surface area contributed by atoms with E-state index < -0.39 is 0 Å². The molecular formula is C17H23N5O. The van der Waals surface area contributed by atoms with Gasteiger partial charge in [-0.1, -0.05) is 13.8 Å². The average molecular weight is 313 g/mol. The van der Waals surface area contributed by atoms with Crippen LogP contribution in [-0.4, -0.2) is 38.4 Å². The molecule has 1 N–H and O–H groups in total. The maximum atomic E-state index is 12.2. The Balaban J connectivity index is 1.63. The molecule has 122 valence electrons. The maximum Gasteiger partial charge on any atom is 0.238 e.